The first kappa shape index (κ1) is 14.1. The third-order valence-electron chi connectivity index (χ3n) is 2.68. The lowest BCUT2D eigenvalue weighted by Crippen LogP contribution is -2.28. The summed E-state index contributed by atoms with van der Waals surface area (Å²) in [5.41, 5.74) is 6.57. The Bertz CT molecular complexity index is 311. The molecule has 2 unspecified atom stereocenters. The summed E-state index contributed by atoms with van der Waals surface area (Å²) in [6.45, 7) is 0. The van der Waals surface area contributed by atoms with Crippen molar-refractivity contribution in [1.82, 2.24) is 4.98 Å². The SMILES string of the molecule is NC(CCCCB(O)O)C(O)c1cccnc1. The first-order chi connectivity index (χ1) is 8.11. The molecule has 94 valence electrons. The molecule has 0 saturated heterocycles. The Morgan fingerprint density at radius 3 is 2.71 bits per heavy atom. The molecule has 0 saturated carbocycles. The molecule has 0 radical (unpaired) electrons. The van der Waals surface area contributed by atoms with Crippen molar-refractivity contribution in [2.45, 2.75) is 37.7 Å². The van der Waals surface area contributed by atoms with Crippen molar-refractivity contribution in [3.8, 4) is 0 Å². The van der Waals surface area contributed by atoms with Crippen molar-refractivity contribution in [3.05, 3.63) is 30.1 Å². The second-order valence-electron chi connectivity index (χ2n) is 4.16. The molecule has 0 aromatic carbocycles. The van der Waals surface area contributed by atoms with Crippen molar-refractivity contribution >= 4 is 7.12 Å². The van der Waals surface area contributed by atoms with Crippen molar-refractivity contribution in [2.24, 2.45) is 5.73 Å². The highest BCUT2D eigenvalue weighted by Gasteiger charge is 2.16. The summed E-state index contributed by atoms with van der Waals surface area (Å²) in [7, 11) is -1.26. The molecular weight excluding hydrogens is 219 g/mol. The number of unbranched alkanes of at least 4 members (excludes halogenated alkanes) is 1. The first-order valence-corrected chi connectivity index (χ1v) is 5.81. The number of aliphatic hydroxyl groups excluding tert-OH is 1. The standard InChI is InChI=1S/C11H19BN2O3/c13-10(5-1-2-6-12(16)17)11(15)9-4-3-7-14-8-9/h3-4,7-8,10-11,15-17H,1-2,5-6,13H2. The Balaban J connectivity index is 2.30. The van der Waals surface area contributed by atoms with E-state index in [1.54, 1.807) is 24.5 Å². The number of aliphatic hydroxyl groups is 1. The van der Waals surface area contributed by atoms with Crippen LogP contribution in [0.2, 0.25) is 6.32 Å². The van der Waals surface area contributed by atoms with Gasteiger partial charge in [-0.3, -0.25) is 4.98 Å². The molecular formula is C11H19BN2O3. The summed E-state index contributed by atoms with van der Waals surface area (Å²) in [6.07, 6.45) is 4.95. The summed E-state index contributed by atoms with van der Waals surface area (Å²) in [6, 6.07) is 3.19. The van der Waals surface area contributed by atoms with E-state index in [1.807, 2.05) is 0 Å². The van der Waals surface area contributed by atoms with Crippen LogP contribution in [-0.4, -0.2) is 33.3 Å². The minimum absolute atomic E-state index is 0.343. The van der Waals surface area contributed by atoms with Gasteiger partial charge in [-0.15, -0.1) is 0 Å². The van der Waals surface area contributed by atoms with Gasteiger partial charge in [-0.25, -0.2) is 0 Å². The van der Waals surface area contributed by atoms with Gasteiger partial charge in [0, 0.05) is 24.0 Å². The Hall–Kier alpha value is -0.945. The molecule has 1 aromatic heterocycles. The Morgan fingerprint density at radius 2 is 2.12 bits per heavy atom. The van der Waals surface area contributed by atoms with Crippen LogP contribution in [0, 0.1) is 0 Å². The van der Waals surface area contributed by atoms with E-state index in [9.17, 15) is 5.11 Å². The summed E-state index contributed by atoms with van der Waals surface area (Å²) in [4.78, 5) is 3.93. The molecule has 6 heteroatoms. The molecule has 0 aliphatic carbocycles. The van der Waals surface area contributed by atoms with Gasteiger partial charge < -0.3 is 20.9 Å². The molecule has 0 bridgehead atoms. The molecule has 0 aliphatic heterocycles. The van der Waals surface area contributed by atoms with Crippen LogP contribution in [0.15, 0.2) is 24.5 Å². The summed E-state index contributed by atoms with van der Waals surface area (Å²) < 4.78 is 0. The predicted molar refractivity (Wildman–Crippen MR) is 66.0 cm³/mol. The molecule has 5 N–H and O–H groups in total. The molecule has 0 aliphatic rings. The second-order valence-corrected chi connectivity index (χ2v) is 4.16. The number of hydrogen-bond donors (Lipinski definition) is 4. The lowest BCUT2D eigenvalue weighted by Gasteiger charge is -2.18. The fourth-order valence-corrected chi connectivity index (χ4v) is 1.66. The number of aromatic nitrogens is 1. The van der Waals surface area contributed by atoms with Gasteiger partial charge in [0.05, 0.1) is 6.10 Å². The van der Waals surface area contributed by atoms with Crippen molar-refractivity contribution in [1.29, 1.82) is 0 Å². The largest absolute Gasteiger partial charge is 0.451 e. The molecule has 17 heavy (non-hydrogen) atoms. The van der Waals surface area contributed by atoms with Gasteiger partial charge in [0.1, 0.15) is 0 Å². The first-order valence-electron chi connectivity index (χ1n) is 5.81. The highest BCUT2D eigenvalue weighted by molar-refractivity contribution is 6.40. The van der Waals surface area contributed by atoms with Crippen LogP contribution < -0.4 is 5.73 Å². The molecule has 0 amide bonds. The summed E-state index contributed by atoms with van der Waals surface area (Å²) >= 11 is 0. The van der Waals surface area contributed by atoms with E-state index in [1.165, 1.54) is 0 Å². The lowest BCUT2D eigenvalue weighted by molar-refractivity contribution is 0.140. The van der Waals surface area contributed by atoms with Crippen LogP contribution in [0.4, 0.5) is 0 Å². The van der Waals surface area contributed by atoms with Gasteiger partial charge in [-0.05, 0) is 18.8 Å². The number of hydrogen-bond acceptors (Lipinski definition) is 5. The van der Waals surface area contributed by atoms with Gasteiger partial charge in [0.15, 0.2) is 0 Å². The minimum Gasteiger partial charge on any atom is -0.427 e. The Kier molecular flexibility index (Phi) is 6.14. The Labute approximate surface area is 101 Å². The van der Waals surface area contributed by atoms with Crippen molar-refractivity contribution < 1.29 is 15.2 Å². The highest BCUT2D eigenvalue weighted by atomic mass is 16.4. The monoisotopic (exact) mass is 238 g/mol. The molecule has 1 heterocycles. The van der Waals surface area contributed by atoms with Gasteiger partial charge in [-0.2, -0.15) is 0 Å². The second kappa shape index (κ2) is 7.39. The fraction of sp³-hybridized carbons (Fsp3) is 0.545. The third kappa shape index (κ3) is 5.27. The quantitative estimate of drug-likeness (QED) is 0.398. The highest BCUT2D eigenvalue weighted by Crippen LogP contribution is 2.18. The van der Waals surface area contributed by atoms with E-state index in [4.69, 9.17) is 15.8 Å². The average Bonchev–Trinajstić information content (AvgIpc) is 2.34. The molecule has 5 nitrogen and oxygen atoms in total. The zero-order chi connectivity index (χ0) is 12.7. The average molecular weight is 238 g/mol. The maximum Gasteiger partial charge on any atom is 0.451 e. The number of nitrogens with zero attached hydrogens (tertiary/aromatic N) is 1. The Morgan fingerprint density at radius 1 is 1.35 bits per heavy atom. The normalized spacial score (nSPS) is 14.4. The van der Waals surface area contributed by atoms with E-state index in [2.05, 4.69) is 4.98 Å². The smallest absolute Gasteiger partial charge is 0.427 e. The summed E-state index contributed by atoms with van der Waals surface area (Å²) in [5, 5.41) is 27.3. The van der Waals surface area contributed by atoms with Gasteiger partial charge in [0.25, 0.3) is 0 Å². The van der Waals surface area contributed by atoms with Crippen molar-refractivity contribution in [2.75, 3.05) is 0 Å². The van der Waals surface area contributed by atoms with Gasteiger partial charge in [-0.1, -0.05) is 18.9 Å². The van der Waals surface area contributed by atoms with E-state index in [0.717, 1.165) is 6.42 Å². The van der Waals surface area contributed by atoms with E-state index in [0.29, 0.717) is 24.7 Å². The predicted octanol–water partition coefficient (Wildman–Crippen LogP) is 0.0854. The van der Waals surface area contributed by atoms with Crippen molar-refractivity contribution in [3.63, 3.8) is 0 Å². The molecule has 1 aromatic rings. The number of pyridine rings is 1. The maximum atomic E-state index is 9.93. The fourth-order valence-electron chi connectivity index (χ4n) is 1.66. The van der Waals surface area contributed by atoms with Crippen LogP contribution in [0.1, 0.15) is 30.9 Å². The zero-order valence-electron chi connectivity index (χ0n) is 9.74. The topological polar surface area (TPSA) is 99.6 Å². The van der Waals surface area contributed by atoms with Crippen LogP contribution in [0.3, 0.4) is 0 Å². The van der Waals surface area contributed by atoms with Gasteiger partial charge in [0.2, 0.25) is 0 Å². The van der Waals surface area contributed by atoms with Crippen LogP contribution in [0.5, 0.6) is 0 Å². The number of nitrogens with two attached hydrogens (primary N) is 1. The minimum atomic E-state index is -1.26. The van der Waals surface area contributed by atoms with Crippen LogP contribution in [-0.2, 0) is 0 Å². The molecule has 0 spiro atoms. The summed E-state index contributed by atoms with van der Waals surface area (Å²) in [5.74, 6) is 0. The van der Waals surface area contributed by atoms with E-state index < -0.39 is 13.2 Å². The van der Waals surface area contributed by atoms with Crippen LogP contribution in [0.25, 0.3) is 0 Å². The molecule has 1 rings (SSSR count). The molecule has 0 fully saturated rings. The lowest BCUT2D eigenvalue weighted by atomic mass is 9.83. The van der Waals surface area contributed by atoms with E-state index in [-0.39, 0.29) is 6.04 Å². The zero-order valence-corrected chi connectivity index (χ0v) is 9.74. The maximum absolute atomic E-state index is 9.93. The molecule has 2 atom stereocenters. The number of rotatable bonds is 7. The third-order valence-corrected chi connectivity index (χ3v) is 2.68. The van der Waals surface area contributed by atoms with E-state index >= 15 is 0 Å². The van der Waals surface area contributed by atoms with Crippen LogP contribution >= 0.6 is 0 Å². The van der Waals surface area contributed by atoms with Gasteiger partial charge >= 0.3 is 7.12 Å².